The van der Waals surface area contributed by atoms with Gasteiger partial charge in [0.05, 0.1) is 0 Å². The number of unbranched alkanes of at least 4 members (excludes halogenated alkanes) is 2. The van der Waals surface area contributed by atoms with E-state index >= 15 is 0 Å². The van der Waals surface area contributed by atoms with Gasteiger partial charge < -0.3 is 0 Å². The van der Waals surface area contributed by atoms with Crippen molar-refractivity contribution in [2.24, 2.45) is 0 Å². The van der Waals surface area contributed by atoms with Crippen LogP contribution < -0.4 is 0 Å². The summed E-state index contributed by atoms with van der Waals surface area (Å²) >= 11 is 0. The fourth-order valence-corrected chi connectivity index (χ4v) is 1.84. The highest BCUT2D eigenvalue weighted by Crippen LogP contribution is 2.17. The van der Waals surface area contributed by atoms with Gasteiger partial charge in [0.15, 0.2) is 0 Å². The smallest absolute Gasteiger partial charge is 0.0251 e. The van der Waals surface area contributed by atoms with Crippen LogP contribution in [0.4, 0.5) is 0 Å². The molecule has 0 heterocycles. The zero-order valence-corrected chi connectivity index (χ0v) is 10.7. The fraction of sp³-hybridized carbons (Fsp3) is 0.222. The second-order valence-corrected chi connectivity index (χ2v) is 4.33. The molecule has 0 aliphatic carbocycles. The van der Waals surface area contributed by atoms with E-state index < -0.39 is 0 Å². The maximum Gasteiger partial charge on any atom is 0.0251 e. The van der Waals surface area contributed by atoms with Gasteiger partial charge in [-0.3, -0.25) is 0 Å². The second kappa shape index (κ2) is 5.95. The SMILES string of the molecule is C#Cc1ccc2cc(C#CCCCC)ccc2c1. The van der Waals surface area contributed by atoms with Gasteiger partial charge in [0.25, 0.3) is 0 Å². The minimum Gasteiger partial charge on any atom is -0.115 e. The number of benzene rings is 2. The van der Waals surface area contributed by atoms with E-state index in [1.165, 1.54) is 23.6 Å². The van der Waals surface area contributed by atoms with Gasteiger partial charge in [0.1, 0.15) is 0 Å². The number of hydrogen-bond acceptors (Lipinski definition) is 0. The Bertz CT molecular complexity index is 645. The summed E-state index contributed by atoms with van der Waals surface area (Å²) < 4.78 is 0. The van der Waals surface area contributed by atoms with Crippen molar-refractivity contribution in [1.29, 1.82) is 0 Å². The molecule has 88 valence electrons. The molecule has 0 amide bonds. The second-order valence-electron chi connectivity index (χ2n) is 4.33. The Hall–Kier alpha value is -2.18. The van der Waals surface area contributed by atoms with E-state index in [1.54, 1.807) is 0 Å². The molecular weight excluding hydrogens is 216 g/mol. The first kappa shape index (κ1) is 12.3. The average molecular weight is 232 g/mol. The standard InChI is InChI=1S/C18H16/c1-3-5-6-7-8-16-10-12-17-13-15(4-2)9-11-18(17)14-16/h2,9-14H,3,5-6H2,1H3. The molecule has 0 unspecified atom stereocenters. The highest BCUT2D eigenvalue weighted by atomic mass is 14.0. The minimum absolute atomic E-state index is 0.921. The van der Waals surface area contributed by atoms with Gasteiger partial charge in [-0.2, -0.15) is 0 Å². The molecule has 0 saturated carbocycles. The predicted octanol–water partition coefficient (Wildman–Crippen LogP) is 4.36. The molecule has 0 radical (unpaired) electrons. The molecule has 0 aliphatic heterocycles. The van der Waals surface area contributed by atoms with E-state index in [4.69, 9.17) is 6.42 Å². The van der Waals surface area contributed by atoms with Crippen LogP contribution in [0.1, 0.15) is 37.3 Å². The van der Waals surface area contributed by atoms with Crippen LogP contribution in [0.25, 0.3) is 10.8 Å². The van der Waals surface area contributed by atoms with Crippen LogP contribution in [0.3, 0.4) is 0 Å². The molecule has 0 saturated heterocycles. The maximum absolute atomic E-state index is 5.39. The molecule has 0 nitrogen and oxygen atoms in total. The lowest BCUT2D eigenvalue weighted by Gasteiger charge is -1.99. The highest BCUT2D eigenvalue weighted by Gasteiger charge is 1.95. The summed E-state index contributed by atoms with van der Waals surface area (Å²) in [5.41, 5.74) is 2.00. The van der Waals surface area contributed by atoms with Crippen LogP contribution in [0.15, 0.2) is 36.4 Å². The Balaban J connectivity index is 2.27. The summed E-state index contributed by atoms with van der Waals surface area (Å²) in [4.78, 5) is 0. The molecule has 0 fully saturated rings. The molecule has 0 aliphatic rings. The Morgan fingerprint density at radius 1 is 1.00 bits per heavy atom. The normalized spacial score (nSPS) is 9.56. The van der Waals surface area contributed by atoms with E-state index in [0.717, 1.165) is 17.5 Å². The van der Waals surface area contributed by atoms with Crippen molar-refractivity contribution in [1.82, 2.24) is 0 Å². The number of hydrogen-bond donors (Lipinski definition) is 0. The first-order valence-corrected chi connectivity index (χ1v) is 6.33. The van der Waals surface area contributed by atoms with Crippen molar-refractivity contribution in [2.45, 2.75) is 26.2 Å². The van der Waals surface area contributed by atoms with Gasteiger partial charge in [-0.1, -0.05) is 43.2 Å². The molecule has 0 heteroatoms. The lowest BCUT2D eigenvalue weighted by molar-refractivity contribution is 0.828. The quantitative estimate of drug-likeness (QED) is 0.533. The van der Waals surface area contributed by atoms with Gasteiger partial charge >= 0.3 is 0 Å². The number of terminal acetylenes is 1. The summed E-state index contributed by atoms with van der Waals surface area (Å²) in [5, 5.41) is 2.36. The first-order chi connectivity index (χ1) is 8.83. The predicted molar refractivity (Wildman–Crippen MR) is 78.3 cm³/mol. The van der Waals surface area contributed by atoms with E-state index in [2.05, 4.69) is 49.0 Å². The lowest BCUT2D eigenvalue weighted by Crippen LogP contribution is -1.79. The average Bonchev–Trinajstić information content (AvgIpc) is 2.43. The Kier molecular flexibility index (Phi) is 4.06. The van der Waals surface area contributed by atoms with Gasteiger partial charge in [-0.15, -0.1) is 6.42 Å². The highest BCUT2D eigenvalue weighted by molar-refractivity contribution is 5.85. The summed E-state index contributed by atoms with van der Waals surface area (Å²) in [5.74, 6) is 9.07. The third kappa shape index (κ3) is 2.93. The van der Waals surface area contributed by atoms with E-state index in [0.29, 0.717) is 0 Å². The van der Waals surface area contributed by atoms with Crippen molar-refractivity contribution in [3.8, 4) is 24.2 Å². The monoisotopic (exact) mass is 232 g/mol. The van der Waals surface area contributed by atoms with Crippen molar-refractivity contribution < 1.29 is 0 Å². The van der Waals surface area contributed by atoms with Crippen LogP contribution in [0.5, 0.6) is 0 Å². The molecular formula is C18H16. The van der Waals surface area contributed by atoms with Crippen molar-refractivity contribution in [2.75, 3.05) is 0 Å². The lowest BCUT2D eigenvalue weighted by atomic mass is 10.0. The van der Waals surface area contributed by atoms with Gasteiger partial charge in [-0.05, 0) is 41.5 Å². The van der Waals surface area contributed by atoms with Crippen LogP contribution >= 0.6 is 0 Å². The molecule has 0 spiro atoms. The minimum atomic E-state index is 0.921. The zero-order valence-electron chi connectivity index (χ0n) is 10.7. The molecule has 0 bridgehead atoms. The first-order valence-electron chi connectivity index (χ1n) is 6.33. The molecule has 2 aromatic rings. The topological polar surface area (TPSA) is 0 Å². The molecule has 0 N–H and O–H groups in total. The summed E-state index contributed by atoms with van der Waals surface area (Å²) in [6.45, 7) is 2.18. The van der Waals surface area contributed by atoms with Crippen molar-refractivity contribution in [3.63, 3.8) is 0 Å². The number of rotatable bonds is 2. The molecule has 0 atom stereocenters. The maximum atomic E-state index is 5.39. The van der Waals surface area contributed by atoms with Crippen molar-refractivity contribution >= 4 is 10.8 Å². The van der Waals surface area contributed by atoms with E-state index in [-0.39, 0.29) is 0 Å². The Morgan fingerprint density at radius 2 is 1.67 bits per heavy atom. The Morgan fingerprint density at radius 3 is 2.33 bits per heavy atom. The largest absolute Gasteiger partial charge is 0.115 e. The van der Waals surface area contributed by atoms with E-state index in [1.807, 2.05) is 12.1 Å². The van der Waals surface area contributed by atoms with Crippen LogP contribution in [0.2, 0.25) is 0 Å². The van der Waals surface area contributed by atoms with Crippen LogP contribution in [-0.4, -0.2) is 0 Å². The van der Waals surface area contributed by atoms with Gasteiger partial charge in [-0.25, -0.2) is 0 Å². The van der Waals surface area contributed by atoms with E-state index in [9.17, 15) is 0 Å². The molecule has 0 aromatic heterocycles. The number of fused-ring (bicyclic) bond motifs is 1. The summed E-state index contributed by atoms with van der Waals surface area (Å²) in [6, 6.07) is 12.3. The fourth-order valence-electron chi connectivity index (χ4n) is 1.84. The summed E-state index contributed by atoms with van der Waals surface area (Å²) in [6.07, 6.45) is 8.74. The molecule has 18 heavy (non-hydrogen) atoms. The summed E-state index contributed by atoms with van der Waals surface area (Å²) in [7, 11) is 0. The van der Waals surface area contributed by atoms with Crippen LogP contribution in [0, 0.1) is 24.2 Å². The van der Waals surface area contributed by atoms with Crippen LogP contribution in [-0.2, 0) is 0 Å². The molecule has 2 rings (SSSR count). The van der Waals surface area contributed by atoms with Gasteiger partial charge in [0, 0.05) is 17.5 Å². The zero-order chi connectivity index (χ0) is 12.8. The Labute approximate surface area is 109 Å². The third-order valence-corrected chi connectivity index (χ3v) is 2.89. The third-order valence-electron chi connectivity index (χ3n) is 2.89. The van der Waals surface area contributed by atoms with Crippen molar-refractivity contribution in [3.05, 3.63) is 47.5 Å². The molecule has 2 aromatic carbocycles. The van der Waals surface area contributed by atoms with Gasteiger partial charge in [0.2, 0.25) is 0 Å².